The van der Waals surface area contributed by atoms with Gasteiger partial charge in [0.15, 0.2) is 0 Å². The van der Waals surface area contributed by atoms with Crippen LogP contribution in [0, 0.1) is 5.82 Å². The van der Waals surface area contributed by atoms with Gasteiger partial charge in [0.25, 0.3) is 0 Å². The molecule has 1 N–H and O–H groups in total. The molecule has 4 rings (SSSR count). The monoisotopic (exact) mass is 425 g/mol. The lowest BCUT2D eigenvalue weighted by Crippen LogP contribution is -2.24. The average Bonchev–Trinajstić information content (AvgIpc) is 3.28. The minimum Gasteiger partial charge on any atom is -0.256 e. The molecule has 4 aromatic rings. The molecule has 2 aromatic carbocycles. The lowest BCUT2D eigenvalue weighted by molar-refractivity contribution is 0.580. The highest BCUT2D eigenvalue weighted by Crippen LogP contribution is 2.24. The van der Waals surface area contributed by atoms with Gasteiger partial charge in [-0.05, 0) is 46.8 Å². The Hall–Kier alpha value is -2.94. The molecule has 8 heteroatoms. The third-order valence-electron chi connectivity index (χ3n) is 4.34. The van der Waals surface area contributed by atoms with Gasteiger partial charge in [-0.15, -0.1) is 0 Å². The van der Waals surface area contributed by atoms with Crippen LogP contribution in [0.15, 0.2) is 82.6 Å². The molecule has 0 aliphatic heterocycles. The zero-order valence-electron chi connectivity index (χ0n) is 15.1. The van der Waals surface area contributed by atoms with Crippen molar-refractivity contribution in [3.05, 3.63) is 89.3 Å². The Morgan fingerprint density at radius 3 is 2.17 bits per heavy atom. The first-order valence-electron chi connectivity index (χ1n) is 8.71. The zero-order valence-corrected chi connectivity index (χ0v) is 16.8. The van der Waals surface area contributed by atoms with Crippen LogP contribution in [0.1, 0.15) is 5.69 Å². The predicted molar refractivity (Wildman–Crippen MR) is 111 cm³/mol. The summed E-state index contributed by atoms with van der Waals surface area (Å²) in [5.41, 5.74) is 3.72. The third kappa shape index (κ3) is 4.40. The zero-order chi connectivity index (χ0) is 20.3. The molecule has 0 atom stereocenters. The van der Waals surface area contributed by atoms with Gasteiger partial charge in [-0.2, -0.15) is 11.3 Å². The van der Waals surface area contributed by atoms with Crippen LogP contribution in [-0.2, 0) is 16.6 Å². The summed E-state index contributed by atoms with van der Waals surface area (Å²) in [6.45, 7) is 0.0288. The van der Waals surface area contributed by atoms with Crippen molar-refractivity contribution >= 4 is 21.4 Å². The fraction of sp³-hybridized carbons (Fsp3) is 0.0476. The number of halogens is 1. The smallest absolute Gasteiger partial charge is 0.240 e. The Morgan fingerprint density at radius 1 is 0.862 bits per heavy atom. The van der Waals surface area contributed by atoms with Crippen molar-refractivity contribution in [2.45, 2.75) is 11.4 Å². The van der Waals surface area contributed by atoms with Gasteiger partial charge in [0.2, 0.25) is 10.0 Å². The van der Waals surface area contributed by atoms with Crippen LogP contribution in [0.4, 0.5) is 4.39 Å². The maximum atomic E-state index is 13.1. The molecule has 2 aromatic heterocycles. The molecule has 2 heterocycles. The molecule has 0 aliphatic carbocycles. The fourth-order valence-corrected chi connectivity index (χ4v) is 4.48. The normalized spacial score (nSPS) is 11.5. The Bertz CT molecular complexity index is 1210. The van der Waals surface area contributed by atoms with Gasteiger partial charge < -0.3 is 0 Å². The van der Waals surface area contributed by atoms with Gasteiger partial charge in [0.05, 0.1) is 22.8 Å². The van der Waals surface area contributed by atoms with E-state index in [2.05, 4.69) is 14.7 Å². The Labute approximate surface area is 172 Å². The van der Waals surface area contributed by atoms with E-state index < -0.39 is 10.0 Å². The van der Waals surface area contributed by atoms with E-state index in [1.165, 1.54) is 41.8 Å². The Balaban J connectivity index is 1.52. The second-order valence-corrected chi connectivity index (χ2v) is 8.77. The molecule has 0 spiro atoms. The van der Waals surface area contributed by atoms with Gasteiger partial charge in [-0.1, -0.05) is 24.3 Å². The van der Waals surface area contributed by atoms with Crippen LogP contribution < -0.4 is 4.72 Å². The quantitative estimate of drug-likeness (QED) is 0.494. The van der Waals surface area contributed by atoms with Crippen molar-refractivity contribution in [3.8, 4) is 22.4 Å². The second kappa shape index (κ2) is 8.20. The summed E-state index contributed by atoms with van der Waals surface area (Å²) >= 11 is 1.54. The van der Waals surface area contributed by atoms with E-state index in [0.717, 1.165) is 16.7 Å². The molecule has 0 saturated heterocycles. The fourth-order valence-electron chi connectivity index (χ4n) is 2.85. The predicted octanol–water partition coefficient (Wildman–Crippen LogP) is 4.49. The minimum atomic E-state index is -3.72. The van der Waals surface area contributed by atoms with Gasteiger partial charge >= 0.3 is 0 Å². The number of rotatable bonds is 6. The van der Waals surface area contributed by atoms with E-state index in [4.69, 9.17) is 0 Å². The van der Waals surface area contributed by atoms with E-state index >= 15 is 0 Å². The summed E-state index contributed by atoms with van der Waals surface area (Å²) < 4.78 is 41.0. The lowest BCUT2D eigenvalue weighted by atomic mass is 10.1. The number of aromatic nitrogens is 2. The van der Waals surface area contributed by atoms with E-state index in [9.17, 15) is 12.8 Å². The maximum Gasteiger partial charge on any atom is 0.240 e. The van der Waals surface area contributed by atoms with Crippen LogP contribution in [-0.4, -0.2) is 18.4 Å². The number of thiophene rings is 1. The van der Waals surface area contributed by atoms with E-state index in [0.29, 0.717) is 11.4 Å². The molecule has 146 valence electrons. The molecular weight excluding hydrogens is 409 g/mol. The first-order chi connectivity index (χ1) is 14.0. The largest absolute Gasteiger partial charge is 0.256 e. The molecule has 0 fully saturated rings. The van der Waals surface area contributed by atoms with Crippen molar-refractivity contribution in [2.75, 3.05) is 0 Å². The van der Waals surface area contributed by atoms with Crippen LogP contribution >= 0.6 is 11.3 Å². The second-order valence-electron chi connectivity index (χ2n) is 6.22. The number of benzene rings is 2. The van der Waals surface area contributed by atoms with Crippen LogP contribution in [0.3, 0.4) is 0 Å². The Morgan fingerprint density at radius 2 is 1.52 bits per heavy atom. The van der Waals surface area contributed by atoms with E-state index in [1.54, 1.807) is 30.5 Å². The highest BCUT2D eigenvalue weighted by Gasteiger charge is 2.16. The summed E-state index contributed by atoms with van der Waals surface area (Å²) in [7, 11) is -3.72. The summed E-state index contributed by atoms with van der Waals surface area (Å²) in [6.07, 6.45) is 3.12. The summed E-state index contributed by atoms with van der Waals surface area (Å²) in [5.74, 6) is -0.317. The first kappa shape index (κ1) is 19.4. The van der Waals surface area contributed by atoms with Gasteiger partial charge in [0.1, 0.15) is 5.82 Å². The Kier molecular flexibility index (Phi) is 5.48. The SMILES string of the molecule is O=S(=O)(NCc1nccnc1-c1ccsc1)c1ccc(-c2ccc(F)cc2)cc1. The van der Waals surface area contributed by atoms with E-state index in [-0.39, 0.29) is 17.3 Å². The molecule has 0 amide bonds. The van der Waals surface area contributed by atoms with Crippen molar-refractivity contribution in [1.29, 1.82) is 0 Å². The van der Waals surface area contributed by atoms with Gasteiger partial charge in [-0.3, -0.25) is 9.97 Å². The van der Waals surface area contributed by atoms with Crippen molar-refractivity contribution in [3.63, 3.8) is 0 Å². The van der Waals surface area contributed by atoms with Gasteiger partial charge in [-0.25, -0.2) is 17.5 Å². The molecule has 0 bridgehead atoms. The lowest BCUT2D eigenvalue weighted by Gasteiger charge is -2.10. The number of hydrogen-bond donors (Lipinski definition) is 1. The average molecular weight is 426 g/mol. The maximum absolute atomic E-state index is 13.1. The highest BCUT2D eigenvalue weighted by atomic mass is 32.2. The first-order valence-corrected chi connectivity index (χ1v) is 11.1. The molecular formula is C21H16FN3O2S2. The summed E-state index contributed by atoms with van der Waals surface area (Å²) in [4.78, 5) is 8.75. The highest BCUT2D eigenvalue weighted by molar-refractivity contribution is 7.89. The molecule has 0 unspecified atom stereocenters. The molecule has 29 heavy (non-hydrogen) atoms. The van der Waals surface area contributed by atoms with Crippen molar-refractivity contribution < 1.29 is 12.8 Å². The van der Waals surface area contributed by atoms with Gasteiger partial charge in [0, 0.05) is 23.3 Å². The number of sulfonamides is 1. The minimum absolute atomic E-state index is 0.0288. The van der Waals surface area contributed by atoms with Crippen LogP contribution in [0.2, 0.25) is 0 Å². The molecule has 0 aliphatic rings. The number of nitrogens with zero attached hydrogens (tertiary/aromatic N) is 2. The topological polar surface area (TPSA) is 72.0 Å². The van der Waals surface area contributed by atoms with Crippen LogP contribution in [0.25, 0.3) is 22.4 Å². The van der Waals surface area contributed by atoms with Crippen molar-refractivity contribution in [2.24, 2.45) is 0 Å². The van der Waals surface area contributed by atoms with Crippen LogP contribution in [0.5, 0.6) is 0 Å². The van der Waals surface area contributed by atoms with E-state index in [1.807, 2.05) is 16.8 Å². The number of hydrogen-bond acceptors (Lipinski definition) is 5. The van der Waals surface area contributed by atoms with Crippen molar-refractivity contribution in [1.82, 2.24) is 14.7 Å². The third-order valence-corrected chi connectivity index (χ3v) is 6.44. The molecule has 0 saturated carbocycles. The standard InChI is InChI=1S/C21H16FN3O2S2/c22-18-5-1-15(2-6-18)16-3-7-19(8-4-16)29(26,27)25-13-20-21(24-11-10-23-20)17-9-12-28-14-17/h1-12,14,25H,13H2. The summed E-state index contributed by atoms with van der Waals surface area (Å²) in [5, 5.41) is 3.87. The number of nitrogens with one attached hydrogen (secondary N) is 1. The summed E-state index contributed by atoms with van der Waals surface area (Å²) in [6, 6.07) is 14.4. The molecule has 5 nitrogen and oxygen atoms in total. The molecule has 0 radical (unpaired) electrons.